The van der Waals surface area contributed by atoms with Crippen molar-refractivity contribution in [3.63, 3.8) is 0 Å². The van der Waals surface area contributed by atoms with Crippen LogP contribution in [0.3, 0.4) is 0 Å². The Kier molecular flexibility index (Phi) is 4.20. The number of ketones is 1. The topological polar surface area (TPSA) is 59.1 Å². The average Bonchev–Trinajstić information content (AvgIpc) is 3.14. The average molecular weight is 281 g/mol. The second-order valence-corrected chi connectivity index (χ2v) is 5.79. The van der Waals surface area contributed by atoms with Crippen molar-refractivity contribution in [2.24, 2.45) is 11.8 Å². The van der Waals surface area contributed by atoms with E-state index in [0.717, 1.165) is 24.8 Å². The van der Waals surface area contributed by atoms with Crippen molar-refractivity contribution in [3.8, 4) is 0 Å². The monoisotopic (exact) mass is 280 g/mol. The van der Waals surface area contributed by atoms with Crippen LogP contribution < -0.4 is 5.32 Å². The van der Waals surface area contributed by atoms with Crippen molar-refractivity contribution in [1.29, 1.82) is 0 Å². The SMILES string of the molecule is CC(C)Cc1cc(Cl)cnc1NC(=O)C(=O)C1CC1. The first-order valence-electron chi connectivity index (χ1n) is 6.47. The van der Waals surface area contributed by atoms with Crippen LogP contribution in [0, 0.1) is 11.8 Å². The number of anilines is 1. The van der Waals surface area contributed by atoms with E-state index in [1.807, 2.05) is 0 Å². The van der Waals surface area contributed by atoms with Crippen molar-refractivity contribution in [2.45, 2.75) is 33.1 Å². The highest BCUT2D eigenvalue weighted by atomic mass is 35.5. The highest BCUT2D eigenvalue weighted by Crippen LogP contribution is 2.30. The van der Waals surface area contributed by atoms with Gasteiger partial charge in [0.2, 0.25) is 5.78 Å². The number of carbonyl (C=O) groups excluding carboxylic acids is 2. The Labute approximate surface area is 117 Å². The van der Waals surface area contributed by atoms with E-state index in [1.165, 1.54) is 6.20 Å². The van der Waals surface area contributed by atoms with Gasteiger partial charge in [-0.15, -0.1) is 0 Å². The summed E-state index contributed by atoms with van der Waals surface area (Å²) >= 11 is 5.92. The number of hydrogen-bond donors (Lipinski definition) is 1. The first-order chi connectivity index (χ1) is 8.97. The molecule has 0 saturated heterocycles. The zero-order chi connectivity index (χ0) is 14.0. The molecule has 102 valence electrons. The molecule has 1 saturated carbocycles. The number of aromatic nitrogens is 1. The molecule has 0 atom stereocenters. The zero-order valence-electron chi connectivity index (χ0n) is 11.1. The summed E-state index contributed by atoms with van der Waals surface area (Å²) in [6, 6.07) is 1.78. The van der Waals surface area contributed by atoms with Gasteiger partial charge in [0.05, 0.1) is 5.02 Å². The molecule has 2 rings (SSSR count). The van der Waals surface area contributed by atoms with Gasteiger partial charge in [-0.3, -0.25) is 9.59 Å². The van der Waals surface area contributed by atoms with Crippen LogP contribution in [0.25, 0.3) is 0 Å². The lowest BCUT2D eigenvalue weighted by atomic mass is 10.0. The van der Waals surface area contributed by atoms with E-state index in [0.29, 0.717) is 16.8 Å². The quantitative estimate of drug-likeness (QED) is 0.844. The van der Waals surface area contributed by atoms with Crippen LogP contribution in [0.4, 0.5) is 5.82 Å². The van der Waals surface area contributed by atoms with E-state index in [2.05, 4.69) is 24.1 Å². The summed E-state index contributed by atoms with van der Waals surface area (Å²) in [5.41, 5.74) is 0.861. The first kappa shape index (κ1) is 14.0. The molecule has 0 unspecified atom stereocenters. The molecule has 1 aliphatic rings. The molecule has 1 N–H and O–H groups in total. The van der Waals surface area contributed by atoms with E-state index < -0.39 is 5.91 Å². The van der Waals surface area contributed by atoms with Gasteiger partial charge in [0.1, 0.15) is 5.82 Å². The van der Waals surface area contributed by atoms with Gasteiger partial charge in [-0.1, -0.05) is 25.4 Å². The van der Waals surface area contributed by atoms with Crippen molar-refractivity contribution in [2.75, 3.05) is 5.32 Å². The molecule has 1 aliphatic carbocycles. The molecule has 1 aromatic rings. The Balaban J connectivity index is 2.14. The van der Waals surface area contributed by atoms with Crippen molar-refractivity contribution < 1.29 is 9.59 Å². The third kappa shape index (κ3) is 3.77. The molecule has 0 bridgehead atoms. The predicted octanol–water partition coefficient (Wildman–Crippen LogP) is 2.85. The van der Waals surface area contributed by atoms with Gasteiger partial charge < -0.3 is 5.32 Å². The van der Waals surface area contributed by atoms with Crippen molar-refractivity contribution in [1.82, 2.24) is 4.98 Å². The molecule has 1 fully saturated rings. The van der Waals surface area contributed by atoms with Crippen molar-refractivity contribution in [3.05, 3.63) is 22.8 Å². The van der Waals surface area contributed by atoms with Crippen LogP contribution in [0.15, 0.2) is 12.3 Å². The van der Waals surface area contributed by atoms with Crippen LogP contribution in [-0.4, -0.2) is 16.7 Å². The fourth-order valence-corrected chi connectivity index (χ4v) is 2.07. The molecule has 1 heterocycles. The molecule has 0 aliphatic heterocycles. The van der Waals surface area contributed by atoms with Crippen LogP contribution in [0.5, 0.6) is 0 Å². The Bertz CT molecular complexity index is 510. The number of Topliss-reactive ketones (excluding diaryl/α,β-unsaturated/α-hetero) is 1. The second-order valence-electron chi connectivity index (χ2n) is 5.35. The van der Waals surface area contributed by atoms with Gasteiger partial charge in [0.15, 0.2) is 0 Å². The van der Waals surface area contributed by atoms with Gasteiger partial charge in [-0.05, 0) is 36.8 Å². The Morgan fingerprint density at radius 1 is 1.47 bits per heavy atom. The van der Waals surface area contributed by atoms with Crippen LogP contribution in [-0.2, 0) is 16.0 Å². The third-order valence-electron chi connectivity index (χ3n) is 2.97. The van der Waals surface area contributed by atoms with Gasteiger partial charge in [0.25, 0.3) is 5.91 Å². The van der Waals surface area contributed by atoms with Crippen molar-refractivity contribution >= 4 is 29.1 Å². The standard InChI is InChI=1S/C14H17ClN2O2/c1-8(2)5-10-6-11(15)7-16-13(10)17-14(19)12(18)9-3-4-9/h6-9H,3-5H2,1-2H3,(H,16,17,19). The lowest BCUT2D eigenvalue weighted by molar-refractivity contribution is -0.135. The minimum Gasteiger partial charge on any atom is -0.304 e. The summed E-state index contributed by atoms with van der Waals surface area (Å²) in [6.07, 6.45) is 3.86. The summed E-state index contributed by atoms with van der Waals surface area (Å²) in [4.78, 5) is 27.5. The lowest BCUT2D eigenvalue weighted by Gasteiger charge is -2.11. The summed E-state index contributed by atoms with van der Waals surface area (Å²) in [5, 5.41) is 3.14. The molecule has 0 spiro atoms. The zero-order valence-corrected chi connectivity index (χ0v) is 11.8. The van der Waals surface area contributed by atoms with E-state index in [4.69, 9.17) is 11.6 Å². The Morgan fingerprint density at radius 2 is 2.16 bits per heavy atom. The molecule has 0 aromatic carbocycles. The molecule has 19 heavy (non-hydrogen) atoms. The van der Waals surface area contributed by atoms with Crippen LogP contribution >= 0.6 is 11.6 Å². The highest BCUT2D eigenvalue weighted by Gasteiger charge is 2.34. The summed E-state index contributed by atoms with van der Waals surface area (Å²) < 4.78 is 0. The number of pyridine rings is 1. The minimum absolute atomic E-state index is 0.0825. The van der Waals surface area contributed by atoms with E-state index in [-0.39, 0.29) is 11.7 Å². The number of halogens is 1. The summed E-state index contributed by atoms with van der Waals surface area (Å²) in [6.45, 7) is 4.14. The number of hydrogen-bond acceptors (Lipinski definition) is 3. The lowest BCUT2D eigenvalue weighted by Crippen LogP contribution is -2.25. The number of amides is 1. The van der Waals surface area contributed by atoms with Gasteiger partial charge in [-0.2, -0.15) is 0 Å². The maximum Gasteiger partial charge on any atom is 0.293 e. The second kappa shape index (κ2) is 5.70. The number of carbonyl (C=O) groups is 2. The normalized spacial score (nSPS) is 14.5. The van der Waals surface area contributed by atoms with E-state index in [1.54, 1.807) is 6.07 Å². The van der Waals surface area contributed by atoms with E-state index >= 15 is 0 Å². The predicted molar refractivity (Wildman–Crippen MR) is 74.1 cm³/mol. The summed E-state index contributed by atoms with van der Waals surface area (Å²) in [5.74, 6) is -0.137. The van der Waals surface area contributed by atoms with Gasteiger partial charge in [0, 0.05) is 12.1 Å². The maximum atomic E-state index is 11.8. The van der Waals surface area contributed by atoms with E-state index in [9.17, 15) is 9.59 Å². The van der Waals surface area contributed by atoms with Gasteiger partial charge in [-0.25, -0.2) is 4.98 Å². The van der Waals surface area contributed by atoms with Crippen LogP contribution in [0.1, 0.15) is 32.3 Å². The molecular formula is C14H17ClN2O2. The first-order valence-corrected chi connectivity index (χ1v) is 6.84. The van der Waals surface area contributed by atoms with Gasteiger partial charge >= 0.3 is 0 Å². The number of nitrogens with zero attached hydrogens (tertiary/aromatic N) is 1. The summed E-state index contributed by atoms with van der Waals surface area (Å²) in [7, 11) is 0. The molecule has 4 nitrogen and oxygen atoms in total. The number of rotatable bonds is 5. The fraction of sp³-hybridized carbons (Fsp3) is 0.500. The Morgan fingerprint density at radius 3 is 2.74 bits per heavy atom. The minimum atomic E-state index is -0.567. The maximum absolute atomic E-state index is 11.8. The molecule has 0 radical (unpaired) electrons. The number of nitrogens with one attached hydrogen (secondary N) is 1. The third-order valence-corrected chi connectivity index (χ3v) is 3.17. The molecule has 1 aromatic heterocycles. The molecular weight excluding hydrogens is 264 g/mol. The largest absolute Gasteiger partial charge is 0.304 e. The highest BCUT2D eigenvalue weighted by molar-refractivity contribution is 6.41. The van der Waals surface area contributed by atoms with Crippen LogP contribution in [0.2, 0.25) is 5.02 Å². The smallest absolute Gasteiger partial charge is 0.293 e. The molecule has 5 heteroatoms. The Hall–Kier alpha value is -1.42. The molecule has 1 amide bonds. The fourth-order valence-electron chi connectivity index (χ4n) is 1.89.